The van der Waals surface area contributed by atoms with Crippen molar-refractivity contribution in [2.24, 2.45) is 5.84 Å². The van der Waals surface area contributed by atoms with Gasteiger partial charge in [0.2, 0.25) is 0 Å². The molecule has 1 fully saturated rings. The van der Waals surface area contributed by atoms with Gasteiger partial charge in [-0.15, -0.1) is 0 Å². The van der Waals surface area contributed by atoms with Crippen LogP contribution in [0.15, 0.2) is 30.3 Å². The van der Waals surface area contributed by atoms with Crippen LogP contribution in [0.2, 0.25) is 0 Å². The number of likely N-dealkylation sites (tertiary alicyclic amines) is 1. The molecule has 2 atom stereocenters. The Bertz CT molecular complexity index is 420. The van der Waals surface area contributed by atoms with Crippen LogP contribution < -0.4 is 11.3 Å². The maximum Gasteiger partial charge on any atom is 0.255 e. The quantitative estimate of drug-likeness (QED) is 0.405. The van der Waals surface area contributed by atoms with Gasteiger partial charge in [-0.25, -0.2) is 5.84 Å². The normalized spacial score (nSPS) is 25.9. The zero-order valence-corrected chi connectivity index (χ0v) is 10.5. The molecule has 0 aliphatic carbocycles. The average Bonchev–Trinajstić information content (AvgIpc) is 2.71. The van der Waals surface area contributed by atoms with Crippen LogP contribution in [0.3, 0.4) is 0 Å². The molecule has 18 heavy (non-hydrogen) atoms. The van der Waals surface area contributed by atoms with Gasteiger partial charge in [-0.2, -0.15) is 0 Å². The molecule has 0 spiro atoms. The van der Waals surface area contributed by atoms with Gasteiger partial charge >= 0.3 is 0 Å². The van der Waals surface area contributed by atoms with E-state index in [-0.39, 0.29) is 5.91 Å². The Hall–Kier alpha value is -1.43. The highest BCUT2D eigenvalue weighted by Crippen LogP contribution is 2.29. The molecule has 4 N–H and O–H groups in total. The highest BCUT2D eigenvalue weighted by atomic mass is 16.3. The zero-order valence-electron chi connectivity index (χ0n) is 10.5. The molecule has 1 heterocycles. The first-order valence-electron chi connectivity index (χ1n) is 6.05. The number of nitrogens with zero attached hydrogens (tertiary/aromatic N) is 1. The number of carbonyl (C=O) groups is 1. The van der Waals surface area contributed by atoms with Crippen molar-refractivity contribution in [3.63, 3.8) is 0 Å². The van der Waals surface area contributed by atoms with E-state index in [1.807, 2.05) is 35.2 Å². The lowest BCUT2D eigenvalue weighted by Crippen LogP contribution is -2.43. The molecule has 1 saturated heterocycles. The standard InChI is InChI=1S/C13H19N3O2/c1-13(18)7-8-16(9-13)11(12(17)15-14)10-5-3-2-4-6-10/h2-6,11,18H,7-9,14H2,1H3,(H,15,17). The fraction of sp³-hybridized carbons (Fsp3) is 0.462. The van der Waals surface area contributed by atoms with Gasteiger partial charge in [-0.3, -0.25) is 15.1 Å². The summed E-state index contributed by atoms with van der Waals surface area (Å²) in [6.07, 6.45) is 0.661. The first-order valence-corrected chi connectivity index (χ1v) is 6.05. The van der Waals surface area contributed by atoms with Crippen molar-refractivity contribution in [3.8, 4) is 0 Å². The highest BCUT2D eigenvalue weighted by Gasteiger charge is 2.38. The molecule has 0 radical (unpaired) electrons. The van der Waals surface area contributed by atoms with E-state index in [2.05, 4.69) is 5.43 Å². The molecule has 0 bridgehead atoms. The molecule has 1 aromatic rings. The Labute approximate surface area is 107 Å². The third-order valence-electron chi connectivity index (χ3n) is 3.35. The number of hydrazine groups is 1. The molecule has 1 amide bonds. The van der Waals surface area contributed by atoms with Crippen molar-refractivity contribution in [2.45, 2.75) is 25.0 Å². The number of amides is 1. The largest absolute Gasteiger partial charge is 0.389 e. The number of aliphatic hydroxyl groups is 1. The lowest BCUT2D eigenvalue weighted by Gasteiger charge is -2.27. The van der Waals surface area contributed by atoms with Crippen LogP contribution in [0.4, 0.5) is 0 Å². The van der Waals surface area contributed by atoms with Crippen LogP contribution in [0.5, 0.6) is 0 Å². The number of β-amino-alcohol motifs (C(OH)–C–C–N with tert-alkyl or cyclic N) is 1. The highest BCUT2D eigenvalue weighted by molar-refractivity contribution is 5.82. The minimum Gasteiger partial charge on any atom is -0.389 e. The number of benzene rings is 1. The fourth-order valence-electron chi connectivity index (χ4n) is 2.44. The number of hydrogen-bond acceptors (Lipinski definition) is 4. The number of rotatable bonds is 3. The summed E-state index contributed by atoms with van der Waals surface area (Å²) >= 11 is 0. The molecule has 0 aromatic heterocycles. The first-order chi connectivity index (χ1) is 8.53. The van der Waals surface area contributed by atoms with Crippen LogP contribution in [0, 0.1) is 0 Å². The monoisotopic (exact) mass is 249 g/mol. The van der Waals surface area contributed by atoms with Crippen LogP contribution in [-0.4, -0.2) is 34.6 Å². The molecule has 1 aliphatic rings. The smallest absolute Gasteiger partial charge is 0.255 e. The second kappa shape index (κ2) is 5.06. The third-order valence-corrected chi connectivity index (χ3v) is 3.35. The molecule has 2 unspecified atom stereocenters. The van der Waals surface area contributed by atoms with Crippen molar-refractivity contribution in [1.82, 2.24) is 10.3 Å². The van der Waals surface area contributed by atoms with E-state index < -0.39 is 11.6 Å². The molecule has 0 saturated carbocycles. The number of nitrogens with one attached hydrogen (secondary N) is 1. The summed E-state index contributed by atoms with van der Waals surface area (Å²) in [5, 5.41) is 10.0. The van der Waals surface area contributed by atoms with Crippen molar-refractivity contribution >= 4 is 5.91 Å². The van der Waals surface area contributed by atoms with E-state index in [0.29, 0.717) is 19.5 Å². The summed E-state index contributed by atoms with van der Waals surface area (Å²) in [5.74, 6) is 5.01. The minimum absolute atomic E-state index is 0.251. The van der Waals surface area contributed by atoms with Gasteiger partial charge in [-0.05, 0) is 18.9 Å². The van der Waals surface area contributed by atoms with Gasteiger partial charge in [0.15, 0.2) is 0 Å². The van der Waals surface area contributed by atoms with E-state index in [4.69, 9.17) is 5.84 Å². The van der Waals surface area contributed by atoms with E-state index in [1.165, 1.54) is 0 Å². The molecular formula is C13H19N3O2. The average molecular weight is 249 g/mol. The topological polar surface area (TPSA) is 78.6 Å². The Morgan fingerprint density at radius 1 is 1.50 bits per heavy atom. The lowest BCUT2D eigenvalue weighted by molar-refractivity contribution is -0.126. The number of carbonyl (C=O) groups excluding carboxylic acids is 1. The van der Waals surface area contributed by atoms with E-state index in [9.17, 15) is 9.90 Å². The van der Waals surface area contributed by atoms with Crippen LogP contribution in [0.1, 0.15) is 24.9 Å². The number of hydrogen-bond donors (Lipinski definition) is 3. The Morgan fingerprint density at radius 3 is 2.67 bits per heavy atom. The van der Waals surface area contributed by atoms with Gasteiger partial charge in [0.25, 0.3) is 5.91 Å². The molecule has 5 heteroatoms. The van der Waals surface area contributed by atoms with Crippen molar-refractivity contribution in [1.29, 1.82) is 0 Å². The Morgan fingerprint density at radius 2 is 2.17 bits per heavy atom. The predicted octanol–water partition coefficient (Wildman–Crippen LogP) is 0.174. The maximum atomic E-state index is 12.0. The summed E-state index contributed by atoms with van der Waals surface area (Å²) in [4.78, 5) is 13.9. The van der Waals surface area contributed by atoms with Crippen molar-refractivity contribution < 1.29 is 9.90 Å². The van der Waals surface area contributed by atoms with Gasteiger partial charge in [-0.1, -0.05) is 30.3 Å². The third kappa shape index (κ3) is 2.69. The van der Waals surface area contributed by atoms with Gasteiger partial charge in [0.1, 0.15) is 6.04 Å². The molecule has 1 aliphatic heterocycles. The summed E-state index contributed by atoms with van der Waals surface area (Å²) in [7, 11) is 0. The maximum absolute atomic E-state index is 12.0. The summed E-state index contributed by atoms with van der Waals surface area (Å²) in [6.45, 7) is 2.94. The SMILES string of the molecule is CC1(O)CCN(C(C(=O)NN)c2ccccc2)C1. The van der Waals surface area contributed by atoms with Crippen LogP contribution >= 0.6 is 0 Å². The van der Waals surface area contributed by atoms with E-state index >= 15 is 0 Å². The Kier molecular flexibility index (Phi) is 3.65. The lowest BCUT2D eigenvalue weighted by atomic mass is 10.0. The van der Waals surface area contributed by atoms with Gasteiger partial charge < -0.3 is 5.11 Å². The predicted molar refractivity (Wildman–Crippen MR) is 68.3 cm³/mol. The van der Waals surface area contributed by atoms with Crippen molar-refractivity contribution in [3.05, 3.63) is 35.9 Å². The number of nitrogens with two attached hydrogens (primary N) is 1. The summed E-state index contributed by atoms with van der Waals surface area (Å²) in [5.41, 5.74) is 2.36. The molecule has 5 nitrogen and oxygen atoms in total. The van der Waals surface area contributed by atoms with E-state index in [1.54, 1.807) is 6.92 Å². The van der Waals surface area contributed by atoms with E-state index in [0.717, 1.165) is 5.56 Å². The fourth-order valence-corrected chi connectivity index (χ4v) is 2.44. The van der Waals surface area contributed by atoms with Gasteiger partial charge in [0.05, 0.1) is 5.60 Å². The second-order valence-electron chi connectivity index (χ2n) is 5.04. The van der Waals surface area contributed by atoms with Crippen molar-refractivity contribution in [2.75, 3.05) is 13.1 Å². The van der Waals surface area contributed by atoms with Crippen LogP contribution in [0.25, 0.3) is 0 Å². The second-order valence-corrected chi connectivity index (χ2v) is 5.04. The summed E-state index contributed by atoms with van der Waals surface area (Å²) < 4.78 is 0. The Balaban J connectivity index is 2.25. The minimum atomic E-state index is -0.734. The first kappa shape index (κ1) is 13.0. The van der Waals surface area contributed by atoms with Gasteiger partial charge in [0, 0.05) is 13.1 Å². The molecule has 2 rings (SSSR count). The molecule has 98 valence electrons. The zero-order chi connectivity index (χ0) is 13.2. The van der Waals surface area contributed by atoms with Crippen LogP contribution in [-0.2, 0) is 4.79 Å². The molecule has 1 aromatic carbocycles. The summed E-state index contributed by atoms with van der Waals surface area (Å²) in [6, 6.07) is 9.03. The molecular weight excluding hydrogens is 230 g/mol.